The lowest BCUT2D eigenvalue weighted by Gasteiger charge is -2.26. The molecule has 24 heavy (non-hydrogen) atoms. The molecule has 0 heterocycles. The number of carboxylic acids is 1. The minimum Gasteiger partial charge on any atom is -0.480 e. The average Bonchev–Trinajstić information content (AvgIpc) is 2.52. The van der Waals surface area contributed by atoms with Crippen molar-refractivity contribution >= 4 is 11.9 Å². The minimum atomic E-state index is -0.796. The van der Waals surface area contributed by atoms with Gasteiger partial charge < -0.3 is 10.4 Å². The fourth-order valence-electron chi connectivity index (χ4n) is 2.68. The van der Waals surface area contributed by atoms with Crippen molar-refractivity contribution in [1.29, 1.82) is 0 Å². The number of nitrogens with zero attached hydrogens (tertiary/aromatic N) is 2. The van der Waals surface area contributed by atoms with Crippen LogP contribution >= 0.6 is 0 Å². The van der Waals surface area contributed by atoms with Crippen molar-refractivity contribution in [1.82, 2.24) is 15.1 Å². The van der Waals surface area contributed by atoms with Gasteiger partial charge in [0, 0.05) is 19.6 Å². The summed E-state index contributed by atoms with van der Waals surface area (Å²) < 4.78 is 0. The fraction of sp³-hybridized carbons (Fsp3) is 0.889. The Kier molecular flexibility index (Phi) is 14.7. The van der Waals surface area contributed by atoms with Gasteiger partial charge >= 0.3 is 5.97 Å². The molecular formula is C18H37N3O3. The Hall–Kier alpha value is -1.14. The van der Waals surface area contributed by atoms with Gasteiger partial charge in [-0.3, -0.25) is 19.4 Å². The molecule has 6 nitrogen and oxygen atoms in total. The van der Waals surface area contributed by atoms with Crippen LogP contribution in [0.5, 0.6) is 0 Å². The van der Waals surface area contributed by atoms with Crippen molar-refractivity contribution in [2.45, 2.75) is 59.3 Å². The van der Waals surface area contributed by atoms with Crippen molar-refractivity contribution < 1.29 is 14.7 Å². The zero-order valence-electron chi connectivity index (χ0n) is 15.9. The van der Waals surface area contributed by atoms with E-state index in [9.17, 15) is 9.59 Å². The van der Waals surface area contributed by atoms with Crippen molar-refractivity contribution in [3.8, 4) is 0 Å². The standard InChI is InChI=1S/C18H37N3O3/c1-4-7-8-9-10-19-17(22)15-20(11-5-2)13-14-21(12-6-3)16-18(23)24/h4-16H2,1-3H3,(H,19,22)(H,23,24). The molecule has 0 unspecified atom stereocenters. The summed E-state index contributed by atoms with van der Waals surface area (Å²) >= 11 is 0. The highest BCUT2D eigenvalue weighted by Gasteiger charge is 2.13. The maximum Gasteiger partial charge on any atom is 0.317 e. The molecule has 0 saturated heterocycles. The number of nitrogens with one attached hydrogen (secondary N) is 1. The first-order chi connectivity index (χ1) is 11.5. The van der Waals surface area contributed by atoms with Gasteiger partial charge in [0.05, 0.1) is 13.1 Å². The van der Waals surface area contributed by atoms with E-state index in [1.54, 1.807) is 0 Å². The highest BCUT2D eigenvalue weighted by molar-refractivity contribution is 5.77. The summed E-state index contributed by atoms with van der Waals surface area (Å²) in [5, 5.41) is 12.0. The monoisotopic (exact) mass is 343 g/mol. The Morgan fingerprint density at radius 2 is 1.38 bits per heavy atom. The molecule has 0 aromatic heterocycles. The van der Waals surface area contributed by atoms with Gasteiger partial charge in [0.15, 0.2) is 0 Å². The fourth-order valence-corrected chi connectivity index (χ4v) is 2.68. The van der Waals surface area contributed by atoms with E-state index in [2.05, 4.69) is 24.1 Å². The molecule has 0 atom stereocenters. The Bertz CT molecular complexity index is 337. The Morgan fingerprint density at radius 1 is 0.792 bits per heavy atom. The topological polar surface area (TPSA) is 72.9 Å². The number of amides is 1. The lowest BCUT2D eigenvalue weighted by atomic mass is 10.2. The summed E-state index contributed by atoms with van der Waals surface area (Å²) in [5.74, 6) is -0.726. The van der Waals surface area contributed by atoms with Gasteiger partial charge in [-0.05, 0) is 32.4 Å². The maximum absolute atomic E-state index is 12.0. The molecule has 0 aromatic carbocycles. The summed E-state index contributed by atoms with van der Waals surface area (Å²) in [4.78, 5) is 27.0. The highest BCUT2D eigenvalue weighted by atomic mass is 16.4. The summed E-state index contributed by atoms with van der Waals surface area (Å²) in [6, 6.07) is 0. The third kappa shape index (κ3) is 13.3. The third-order valence-electron chi connectivity index (χ3n) is 3.89. The zero-order chi connectivity index (χ0) is 18.2. The molecule has 0 spiro atoms. The number of hydrogen-bond donors (Lipinski definition) is 2. The summed E-state index contributed by atoms with van der Waals surface area (Å²) in [6.45, 7) is 10.6. The third-order valence-corrected chi connectivity index (χ3v) is 3.89. The van der Waals surface area contributed by atoms with Gasteiger partial charge in [0.2, 0.25) is 5.91 Å². The molecule has 6 heteroatoms. The van der Waals surface area contributed by atoms with Crippen molar-refractivity contribution in [3.05, 3.63) is 0 Å². The molecule has 2 N–H and O–H groups in total. The van der Waals surface area contributed by atoms with Gasteiger partial charge in [-0.25, -0.2) is 0 Å². The predicted molar refractivity (Wildman–Crippen MR) is 98.2 cm³/mol. The molecule has 0 saturated carbocycles. The van der Waals surface area contributed by atoms with E-state index in [1.807, 2.05) is 11.8 Å². The van der Waals surface area contributed by atoms with Gasteiger partial charge in [0.1, 0.15) is 0 Å². The first-order valence-corrected chi connectivity index (χ1v) is 9.46. The maximum atomic E-state index is 12.0. The van der Waals surface area contributed by atoms with Crippen LogP contribution in [0.1, 0.15) is 59.3 Å². The molecule has 0 aliphatic heterocycles. The zero-order valence-corrected chi connectivity index (χ0v) is 15.9. The Labute approximate surface area is 147 Å². The van der Waals surface area contributed by atoms with Gasteiger partial charge in [-0.15, -0.1) is 0 Å². The largest absolute Gasteiger partial charge is 0.480 e. The van der Waals surface area contributed by atoms with Gasteiger partial charge in [-0.1, -0.05) is 40.0 Å². The minimum absolute atomic E-state index is 0.0669. The number of hydrogen-bond acceptors (Lipinski definition) is 4. The Balaban J connectivity index is 4.17. The number of unbranched alkanes of at least 4 members (excludes halogenated alkanes) is 3. The van der Waals surface area contributed by atoms with E-state index in [0.717, 1.165) is 51.9 Å². The van der Waals surface area contributed by atoms with Crippen LogP contribution in [-0.4, -0.2) is 72.6 Å². The quantitative estimate of drug-likeness (QED) is 0.420. The van der Waals surface area contributed by atoms with Crippen LogP contribution in [0.2, 0.25) is 0 Å². The normalized spacial score (nSPS) is 11.2. The number of carboxylic acid groups (broad SMARTS) is 1. The number of aliphatic carboxylic acids is 1. The van der Waals surface area contributed by atoms with E-state index >= 15 is 0 Å². The second-order valence-corrected chi connectivity index (χ2v) is 6.36. The summed E-state index contributed by atoms with van der Waals surface area (Å²) in [5.41, 5.74) is 0. The molecule has 0 aliphatic carbocycles. The number of carbonyl (C=O) groups excluding carboxylic acids is 1. The molecule has 142 valence electrons. The second-order valence-electron chi connectivity index (χ2n) is 6.36. The number of rotatable bonds is 16. The van der Waals surface area contributed by atoms with Crippen LogP contribution < -0.4 is 5.32 Å². The molecule has 0 rings (SSSR count). The van der Waals surface area contributed by atoms with Crippen LogP contribution in [0.3, 0.4) is 0 Å². The van der Waals surface area contributed by atoms with Crippen molar-refractivity contribution in [3.63, 3.8) is 0 Å². The predicted octanol–water partition coefficient (Wildman–Crippen LogP) is 2.19. The van der Waals surface area contributed by atoms with Crippen LogP contribution in [0, 0.1) is 0 Å². The lowest BCUT2D eigenvalue weighted by molar-refractivity contribution is -0.138. The van der Waals surface area contributed by atoms with Crippen LogP contribution in [0.15, 0.2) is 0 Å². The molecule has 0 bridgehead atoms. The molecule has 0 aliphatic rings. The van der Waals surface area contributed by atoms with Crippen LogP contribution in [0.25, 0.3) is 0 Å². The van der Waals surface area contributed by atoms with E-state index in [4.69, 9.17) is 5.11 Å². The molecular weight excluding hydrogens is 306 g/mol. The van der Waals surface area contributed by atoms with E-state index in [0.29, 0.717) is 13.1 Å². The molecule has 1 amide bonds. The van der Waals surface area contributed by atoms with E-state index < -0.39 is 5.97 Å². The van der Waals surface area contributed by atoms with E-state index in [1.165, 1.54) is 12.8 Å². The summed E-state index contributed by atoms with van der Waals surface area (Å²) in [7, 11) is 0. The van der Waals surface area contributed by atoms with Crippen LogP contribution in [-0.2, 0) is 9.59 Å². The first kappa shape index (κ1) is 22.9. The highest BCUT2D eigenvalue weighted by Crippen LogP contribution is 1.98. The summed E-state index contributed by atoms with van der Waals surface area (Å²) in [6.07, 6.45) is 6.53. The first-order valence-electron chi connectivity index (χ1n) is 9.46. The second kappa shape index (κ2) is 15.4. The van der Waals surface area contributed by atoms with Gasteiger partial charge in [0.25, 0.3) is 0 Å². The SMILES string of the molecule is CCCCCCNC(=O)CN(CCC)CCN(CCC)CC(=O)O. The average molecular weight is 344 g/mol. The Morgan fingerprint density at radius 3 is 1.88 bits per heavy atom. The van der Waals surface area contributed by atoms with Crippen molar-refractivity contribution in [2.24, 2.45) is 0 Å². The molecule has 0 fully saturated rings. The molecule has 0 radical (unpaired) electrons. The van der Waals surface area contributed by atoms with Crippen LogP contribution in [0.4, 0.5) is 0 Å². The van der Waals surface area contributed by atoms with Crippen molar-refractivity contribution in [2.75, 3.05) is 45.8 Å². The smallest absolute Gasteiger partial charge is 0.317 e. The lowest BCUT2D eigenvalue weighted by Crippen LogP contribution is -2.43. The van der Waals surface area contributed by atoms with E-state index in [-0.39, 0.29) is 12.5 Å². The molecule has 0 aromatic rings. The van der Waals surface area contributed by atoms with Gasteiger partial charge in [-0.2, -0.15) is 0 Å². The number of carbonyl (C=O) groups is 2.